The topological polar surface area (TPSA) is 80.0 Å². The number of para-hydroxylation sites is 6. The van der Waals surface area contributed by atoms with Crippen LogP contribution in [0.25, 0.3) is 193 Å². The minimum Gasteiger partial charge on any atom is -0.456 e. The van der Waals surface area contributed by atoms with Crippen LogP contribution >= 0.6 is 0 Å². The fraction of sp³-hybridized carbons (Fsp3) is 0. The van der Waals surface area contributed by atoms with E-state index in [0.717, 1.165) is 155 Å². The van der Waals surface area contributed by atoms with Gasteiger partial charge in [-0.05, 0) is 126 Å². The van der Waals surface area contributed by atoms with Crippen molar-refractivity contribution in [1.29, 1.82) is 0 Å². The zero-order chi connectivity index (χ0) is 57.3. The van der Waals surface area contributed by atoms with Crippen LogP contribution in [0.15, 0.2) is 286 Å². The van der Waals surface area contributed by atoms with Gasteiger partial charge in [-0.3, -0.25) is 0 Å². The summed E-state index contributed by atoms with van der Waals surface area (Å²) in [7, 11) is 0. The van der Waals surface area contributed by atoms with Gasteiger partial charge in [0.05, 0.1) is 44.3 Å². The molecule has 408 valence electrons. The second-order valence-corrected chi connectivity index (χ2v) is 23.2. The minimum atomic E-state index is 0.640. The van der Waals surface area contributed by atoms with E-state index in [9.17, 15) is 0 Å². The maximum absolute atomic E-state index is 6.48. The van der Waals surface area contributed by atoms with Crippen LogP contribution in [0.1, 0.15) is 0 Å². The molecule has 20 aromatic rings. The summed E-state index contributed by atoms with van der Waals surface area (Å²) in [5.74, 6) is 0.640. The third-order valence-electron chi connectivity index (χ3n) is 18.4. The number of rotatable bonds is 6. The lowest BCUT2D eigenvalue weighted by Gasteiger charge is -2.14. The summed E-state index contributed by atoms with van der Waals surface area (Å²) >= 11 is 0. The monoisotopic (exact) mass is 1120 g/mol. The Morgan fingerprint density at radius 3 is 1.09 bits per heavy atom. The maximum Gasteiger partial charge on any atom is 0.160 e. The van der Waals surface area contributed by atoms with Crippen molar-refractivity contribution >= 4 is 142 Å². The van der Waals surface area contributed by atoms with Crippen molar-refractivity contribution in [1.82, 2.24) is 23.7 Å². The molecule has 0 amide bonds. The first-order valence-corrected chi connectivity index (χ1v) is 29.8. The highest BCUT2D eigenvalue weighted by Gasteiger charge is 2.22. The maximum atomic E-state index is 6.48. The summed E-state index contributed by atoms with van der Waals surface area (Å²) < 4.78 is 26.5. The van der Waals surface area contributed by atoms with E-state index < -0.39 is 0 Å². The van der Waals surface area contributed by atoms with E-state index >= 15 is 0 Å². The molecule has 0 saturated heterocycles. The van der Waals surface area contributed by atoms with E-state index in [1.165, 1.54) is 32.3 Å². The van der Waals surface area contributed by atoms with Crippen LogP contribution < -0.4 is 0 Å². The zero-order valence-electron chi connectivity index (χ0n) is 46.9. The number of nitrogens with zero attached hydrogens (tertiary/aromatic N) is 5. The predicted octanol–water partition coefficient (Wildman–Crippen LogP) is 21.6. The van der Waals surface area contributed by atoms with Crippen LogP contribution in [-0.2, 0) is 0 Å². The van der Waals surface area contributed by atoms with E-state index in [2.05, 4.69) is 250 Å². The Bertz CT molecular complexity index is 6370. The molecule has 0 aliphatic carbocycles. The van der Waals surface area contributed by atoms with Gasteiger partial charge < -0.3 is 27.0 Å². The number of hydrogen-bond acceptors (Lipinski definition) is 5. The fourth-order valence-electron chi connectivity index (χ4n) is 14.4. The van der Waals surface area contributed by atoms with E-state index in [0.29, 0.717) is 5.82 Å². The third kappa shape index (κ3) is 6.79. The first kappa shape index (κ1) is 47.4. The minimum absolute atomic E-state index is 0.640. The third-order valence-corrected chi connectivity index (χ3v) is 18.4. The Labute approximate surface area is 500 Å². The number of fused-ring (bicyclic) bond motifs is 19. The number of furan rings is 3. The van der Waals surface area contributed by atoms with Gasteiger partial charge >= 0.3 is 0 Å². The van der Waals surface area contributed by atoms with Crippen molar-refractivity contribution in [3.05, 3.63) is 273 Å². The van der Waals surface area contributed by atoms with Gasteiger partial charge in [0.1, 0.15) is 33.5 Å². The van der Waals surface area contributed by atoms with Crippen LogP contribution in [-0.4, -0.2) is 23.7 Å². The largest absolute Gasteiger partial charge is 0.456 e. The fourth-order valence-corrected chi connectivity index (χ4v) is 14.4. The molecule has 0 unspecified atom stereocenters. The molecule has 7 aromatic heterocycles. The van der Waals surface area contributed by atoms with Crippen LogP contribution in [0.5, 0.6) is 0 Å². The summed E-state index contributed by atoms with van der Waals surface area (Å²) in [6, 6.07) is 97.3. The average molecular weight is 1120 g/mol. The Balaban J connectivity index is 0.742. The lowest BCUT2D eigenvalue weighted by molar-refractivity contribution is 0.669. The van der Waals surface area contributed by atoms with Gasteiger partial charge in [-0.1, -0.05) is 140 Å². The van der Waals surface area contributed by atoms with Gasteiger partial charge in [-0.2, -0.15) is 0 Å². The van der Waals surface area contributed by atoms with Crippen LogP contribution in [0, 0.1) is 0 Å². The van der Waals surface area contributed by atoms with E-state index in [1.807, 2.05) is 36.4 Å². The van der Waals surface area contributed by atoms with Crippen LogP contribution in [0.4, 0.5) is 0 Å². The molecule has 0 aliphatic rings. The standard InChI is InChI=1S/C80H45N5O3/c1-7-22-67-53(16-1)59-40-62-56-19-4-10-25-73(56)86-76(62)43-70(59)83(67)50-33-28-46(29-34-50)79-65-39-49(48-14-13-15-52(38-48)85-69-24-9-3-18-55(69)61-42-64-58-21-6-12-27-75(58)88-78(64)45-72(61)85)32-37-66(65)81-80(82-79)47-30-35-51(36-31-47)84-68-23-8-2-17-54(68)60-41-63-57-20-5-11-26-74(57)87-77(63)44-71(60)84/h1-45H. The normalized spacial score (nSPS) is 12.3. The summed E-state index contributed by atoms with van der Waals surface area (Å²) in [5, 5.41) is 14.7. The van der Waals surface area contributed by atoms with Crippen molar-refractivity contribution < 1.29 is 13.3 Å². The molecule has 0 radical (unpaired) electrons. The summed E-state index contributed by atoms with van der Waals surface area (Å²) in [5.41, 5.74) is 20.7. The molecule has 0 spiro atoms. The van der Waals surface area contributed by atoms with Gasteiger partial charge in [0.2, 0.25) is 0 Å². The predicted molar refractivity (Wildman–Crippen MR) is 361 cm³/mol. The highest BCUT2D eigenvalue weighted by molar-refractivity contribution is 6.20. The Kier molecular flexibility index (Phi) is 9.57. The molecule has 7 heterocycles. The summed E-state index contributed by atoms with van der Waals surface area (Å²) in [6.45, 7) is 0. The molecule has 0 atom stereocenters. The van der Waals surface area contributed by atoms with Gasteiger partial charge in [-0.15, -0.1) is 0 Å². The number of benzene rings is 13. The molecule has 20 rings (SSSR count). The van der Waals surface area contributed by atoms with Crippen molar-refractivity contribution in [2.45, 2.75) is 0 Å². The molecule has 13 aromatic carbocycles. The highest BCUT2D eigenvalue weighted by atomic mass is 16.3. The first-order chi connectivity index (χ1) is 43.6. The van der Waals surface area contributed by atoms with Crippen LogP contribution in [0.3, 0.4) is 0 Å². The molecular formula is C80H45N5O3. The average Bonchev–Trinajstić information content (AvgIpc) is 1.78. The number of hydrogen-bond donors (Lipinski definition) is 0. The Hall–Kier alpha value is -12.0. The van der Waals surface area contributed by atoms with Crippen molar-refractivity contribution in [3.8, 4) is 50.8 Å². The Morgan fingerprint density at radius 2 is 0.614 bits per heavy atom. The van der Waals surface area contributed by atoms with Gasteiger partial charge in [0.25, 0.3) is 0 Å². The second kappa shape index (κ2) is 17.8. The molecule has 0 saturated carbocycles. The van der Waals surface area contributed by atoms with E-state index in [1.54, 1.807) is 0 Å². The van der Waals surface area contributed by atoms with Crippen molar-refractivity contribution in [2.24, 2.45) is 0 Å². The number of aromatic nitrogens is 5. The first-order valence-electron chi connectivity index (χ1n) is 29.8. The molecule has 0 bridgehead atoms. The molecule has 0 N–H and O–H groups in total. The summed E-state index contributed by atoms with van der Waals surface area (Å²) in [6.07, 6.45) is 0. The van der Waals surface area contributed by atoms with E-state index in [-0.39, 0.29) is 0 Å². The molecule has 0 fully saturated rings. The second-order valence-electron chi connectivity index (χ2n) is 23.2. The molecule has 8 heteroatoms. The van der Waals surface area contributed by atoms with Gasteiger partial charge in [0.15, 0.2) is 5.82 Å². The van der Waals surface area contributed by atoms with Gasteiger partial charge in [0, 0.05) is 116 Å². The van der Waals surface area contributed by atoms with Crippen molar-refractivity contribution in [3.63, 3.8) is 0 Å². The SMILES string of the molecule is c1cc(-c2ccc3nc(-c4ccc(-n5c6ccccc6c6cc7c(cc65)oc5ccccc57)cc4)nc(-c4ccc(-n5c6ccccc6c6cc7c(cc65)oc5ccccc57)cc4)c3c2)cc(-n2c3ccccc3c3cc4c(cc32)oc2ccccc24)c1. The molecule has 8 nitrogen and oxygen atoms in total. The summed E-state index contributed by atoms with van der Waals surface area (Å²) in [4.78, 5) is 11.0. The Morgan fingerprint density at radius 1 is 0.216 bits per heavy atom. The van der Waals surface area contributed by atoms with Crippen LogP contribution in [0.2, 0.25) is 0 Å². The lowest BCUT2D eigenvalue weighted by atomic mass is 9.99. The molecule has 0 aliphatic heterocycles. The smallest absolute Gasteiger partial charge is 0.160 e. The zero-order valence-corrected chi connectivity index (χ0v) is 46.9. The molecular weight excluding hydrogens is 1080 g/mol. The van der Waals surface area contributed by atoms with E-state index in [4.69, 9.17) is 23.2 Å². The lowest BCUT2D eigenvalue weighted by Crippen LogP contribution is -1.98. The van der Waals surface area contributed by atoms with Gasteiger partial charge in [-0.25, -0.2) is 9.97 Å². The van der Waals surface area contributed by atoms with Crippen molar-refractivity contribution in [2.75, 3.05) is 0 Å². The molecule has 88 heavy (non-hydrogen) atoms. The highest BCUT2D eigenvalue weighted by Crippen LogP contribution is 2.44. The quantitative estimate of drug-likeness (QED) is 0.166.